The Balaban J connectivity index is 2.86. The van der Waals surface area contributed by atoms with Crippen molar-refractivity contribution in [2.24, 2.45) is 0 Å². The predicted molar refractivity (Wildman–Crippen MR) is 79.6 cm³/mol. The van der Waals surface area contributed by atoms with Crippen molar-refractivity contribution >= 4 is 29.3 Å². The Bertz CT molecular complexity index is 501. The highest BCUT2D eigenvalue weighted by molar-refractivity contribution is 6.33. The summed E-state index contributed by atoms with van der Waals surface area (Å²) < 4.78 is 0. The van der Waals surface area contributed by atoms with Gasteiger partial charge in [0.05, 0.1) is 10.6 Å². The first-order valence-electron chi connectivity index (χ1n) is 6.47. The topological polar surface area (TPSA) is 69.6 Å². The normalized spacial score (nSPS) is 10.4. The molecule has 0 atom stereocenters. The summed E-state index contributed by atoms with van der Waals surface area (Å²) in [6, 6.07) is 4.27. The Kier molecular flexibility index (Phi) is 5.82. The zero-order valence-corrected chi connectivity index (χ0v) is 12.6. The first kappa shape index (κ1) is 16.3. The van der Waals surface area contributed by atoms with Gasteiger partial charge in [-0.15, -0.1) is 0 Å². The van der Waals surface area contributed by atoms with Crippen LogP contribution in [0.2, 0.25) is 5.02 Å². The van der Waals surface area contributed by atoms with Crippen molar-refractivity contribution in [3.05, 3.63) is 28.8 Å². The molecule has 0 saturated carbocycles. The summed E-state index contributed by atoms with van der Waals surface area (Å²) in [5, 5.41) is 11.8. The molecule has 0 aliphatic carbocycles. The van der Waals surface area contributed by atoms with E-state index in [-0.39, 0.29) is 22.7 Å². The van der Waals surface area contributed by atoms with Crippen molar-refractivity contribution in [3.8, 4) is 0 Å². The number of nitrogens with one attached hydrogen (secondary N) is 1. The molecule has 0 aliphatic rings. The first-order valence-corrected chi connectivity index (χ1v) is 6.85. The molecule has 110 valence electrons. The Morgan fingerprint density at radius 2 is 1.95 bits per heavy atom. The molecule has 2 N–H and O–H groups in total. The standard InChI is InChI=1S/C14H19ClN2O3/c1-4-10(5-2)17(3)14(20)16-9-6-7-12(15)11(8-9)13(18)19/h6-8,10H,4-5H2,1-3H3,(H,16,20)(H,18,19). The number of urea groups is 1. The van der Waals surface area contributed by atoms with Crippen molar-refractivity contribution in [1.29, 1.82) is 0 Å². The molecule has 0 saturated heterocycles. The average molecular weight is 299 g/mol. The van der Waals surface area contributed by atoms with Gasteiger partial charge in [-0.1, -0.05) is 25.4 Å². The third kappa shape index (κ3) is 3.87. The van der Waals surface area contributed by atoms with E-state index in [1.807, 2.05) is 13.8 Å². The predicted octanol–water partition coefficient (Wildman–Crippen LogP) is 3.69. The Hall–Kier alpha value is -1.75. The van der Waals surface area contributed by atoms with Crippen LogP contribution < -0.4 is 5.32 Å². The maximum absolute atomic E-state index is 12.1. The molecule has 0 spiro atoms. The first-order chi connectivity index (χ1) is 9.40. The molecule has 0 radical (unpaired) electrons. The van der Waals surface area contributed by atoms with E-state index in [4.69, 9.17) is 16.7 Å². The number of nitrogens with zero attached hydrogens (tertiary/aromatic N) is 1. The van der Waals surface area contributed by atoms with Crippen LogP contribution in [0.1, 0.15) is 37.0 Å². The van der Waals surface area contributed by atoms with Crippen LogP contribution in [-0.4, -0.2) is 35.1 Å². The van der Waals surface area contributed by atoms with Crippen molar-refractivity contribution in [2.75, 3.05) is 12.4 Å². The van der Waals surface area contributed by atoms with Gasteiger partial charge in [0.2, 0.25) is 0 Å². The number of carboxylic acid groups (broad SMARTS) is 1. The Labute approximate surface area is 123 Å². The fraction of sp³-hybridized carbons (Fsp3) is 0.429. The number of hydrogen-bond acceptors (Lipinski definition) is 2. The number of rotatable bonds is 5. The molecule has 0 bridgehead atoms. The van der Waals surface area contributed by atoms with Crippen LogP contribution in [0.15, 0.2) is 18.2 Å². The maximum atomic E-state index is 12.1. The van der Waals surface area contributed by atoms with Crippen LogP contribution in [-0.2, 0) is 0 Å². The van der Waals surface area contributed by atoms with E-state index in [0.29, 0.717) is 5.69 Å². The zero-order valence-electron chi connectivity index (χ0n) is 11.8. The van der Waals surface area contributed by atoms with Gasteiger partial charge in [-0.2, -0.15) is 0 Å². The number of anilines is 1. The highest BCUT2D eigenvalue weighted by atomic mass is 35.5. The van der Waals surface area contributed by atoms with Crippen molar-refractivity contribution < 1.29 is 14.7 Å². The summed E-state index contributed by atoms with van der Waals surface area (Å²) in [5.41, 5.74) is 0.379. The quantitative estimate of drug-likeness (QED) is 0.871. The average Bonchev–Trinajstić information content (AvgIpc) is 2.41. The molecule has 2 amide bonds. The van der Waals surface area contributed by atoms with Crippen LogP contribution in [0.25, 0.3) is 0 Å². The minimum absolute atomic E-state index is 0.0327. The van der Waals surface area contributed by atoms with Gasteiger partial charge in [0.25, 0.3) is 0 Å². The third-order valence-corrected chi connectivity index (χ3v) is 3.59. The minimum Gasteiger partial charge on any atom is -0.478 e. The smallest absolute Gasteiger partial charge is 0.337 e. The minimum atomic E-state index is -1.13. The lowest BCUT2D eigenvalue weighted by Gasteiger charge is -2.26. The third-order valence-electron chi connectivity index (χ3n) is 3.26. The van der Waals surface area contributed by atoms with Gasteiger partial charge in [-0.05, 0) is 31.0 Å². The van der Waals surface area contributed by atoms with Gasteiger partial charge < -0.3 is 15.3 Å². The number of aromatic carboxylic acids is 1. The summed E-state index contributed by atoms with van der Waals surface area (Å²) in [6.07, 6.45) is 1.73. The van der Waals surface area contributed by atoms with E-state index in [0.717, 1.165) is 12.8 Å². The van der Waals surface area contributed by atoms with Crippen molar-refractivity contribution in [2.45, 2.75) is 32.7 Å². The zero-order chi connectivity index (χ0) is 15.3. The van der Waals surface area contributed by atoms with E-state index in [1.54, 1.807) is 18.0 Å². The van der Waals surface area contributed by atoms with Crippen LogP contribution in [0.4, 0.5) is 10.5 Å². The molecular weight excluding hydrogens is 280 g/mol. The second-order valence-electron chi connectivity index (χ2n) is 4.51. The second kappa shape index (κ2) is 7.14. The molecule has 0 aliphatic heterocycles. The van der Waals surface area contributed by atoms with Crippen LogP contribution in [0, 0.1) is 0 Å². The van der Waals surface area contributed by atoms with Gasteiger partial charge >= 0.3 is 12.0 Å². The molecule has 1 aromatic carbocycles. The van der Waals surface area contributed by atoms with Crippen molar-refractivity contribution in [1.82, 2.24) is 4.90 Å². The fourth-order valence-electron chi connectivity index (χ4n) is 1.98. The lowest BCUT2D eigenvalue weighted by atomic mass is 10.1. The van der Waals surface area contributed by atoms with Crippen molar-refractivity contribution in [3.63, 3.8) is 0 Å². The van der Waals surface area contributed by atoms with E-state index in [2.05, 4.69) is 5.32 Å². The molecular formula is C14H19ClN2O3. The molecule has 0 aromatic heterocycles. The maximum Gasteiger partial charge on any atom is 0.337 e. The molecule has 6 heteroatoms. The molecule has 0 heterocycles. The van der Waals surface area contributed by atoms with E-state index in [1.165, 1.54) is 12.1 Å². The van der Waals surface area contributed by atoms with Gasteiger partial charge in [-0.3, -0.25) is 0 Å². The number of hydrogen-bond donors (Lipinski definition) is 2. The van der Waals surface area contributed by atoms with E-state index in [9.17, 15) is 9.59 Å². The number of amides is 2. The SMILES string of the molecule is CCC(CC)N(C)C(=O)Nc1ccc(Cl)c(C(=O)O)c1. The summed E-state index contributed by atoms with van der Waals surface area (Å²) in [6.45, 7) is 4.03. The molecule has 5 nitrogen and oxygen atoms in total. The summed E-state index contributed by atoms with van der Waals surface area (Å²) in [7, 11) is 1.72. The summed E-state index contributed by atoms with van der Waals surface area (Å²) in [5.74, 6) is -1.13. The monoisotopic (exact) mass is 298 g/mol. The molecule has 0 fully saturated rings. The van der Waals surface area contributed by atoms with Crippen LogP contribution >= 0.6 is 11.6 Å². The van der Waals surface area contributed by atoms with Crippen LogP contribution in [0.3, 0.4) is 0 Å². The molecule has 20 heavy (non-hydrogen) atoms. The van der Waals surface area contributed by atoms with Gasteiger partial charge in [0.1, 0.15) is 0 Å². The van der Waals surface area contributed by atoms with E-state index >= 15 is 0 Å². The summed E-state index contributed by atoms with van der Waals surface area (Å²) >= 11 is 5.78. The summed E-state index contributed by atoms with van der Waals surface area (Å²) in [4.78, 5) is 24.7. The van der Waals surface area contributed by atoms with Crippen LogP contribution in [0.5, 0.6) is 0 Å². The Morgan fingerprint density at radius 1 is 1.35 bits per heavy atom. The Morgan fingerprint density at radius 3 is 2.45 bits per heavy atom. The largest absolute Gasteiger partial charge is 0.478 e. The van der Waals surface area contributed by atoms with E-state index < -0.39 is 5.97 Å². The number of carbonyl (C=O) groups is 2. The van der Waals surface area contributed by atoms with Gasteiger partial charge in [-0.25, -0.2) is 9.59 Å². The fourth-order valence-corrected chi connectivity index (χ4v) is 2.18. The highest BCUT2D eigenvalue weighted by Crippen LogP contribution is 2.21. The lowest BCUT2D eigenvalue weighted by Crippen LogP contribution is -2.39. The molecule has 0 unspecified atom stereocenters. The highest BCUT2D eigenvalue weighted by Gasteiger charge is 2.17. The van der Waals surface area contributed by atoms with Gasteiger partial charge in [0.15, 0.2) is 0 Å². The number of benzene rings is 1. The lowest BCUT2D eigenvalue weighted by molar-refractivity contribution is 0.0697. The number of carboxylic acids is 1. The second-order valence-corrected chi connectivity index (χ2v) is 4.92. The number of carbonyl (C=O) groups excluding carboxylic acids is 1. The number of halogens is 1. The van der Waals surface area contributed by atoms with Gasteiger partial charge in [0, 0.05) is 18.8 Å². The molecule has 1 aromatic rings. The molecule has 1 rings (SSSR count).